The van der Waals surface area contributed by atoms with E-state index < -0.39 is 31.0 Å². The summed E-state index contributed by atoms with van der Waals surface area (Å²) in [5.41, 5.74) is 0.261. The number of aromatic nitrogens is 1. The first-order valence-corrected chi connectivity index (χ1v) is 5.84. The first-order valence-electron chi connectivity index (χ1n) is 5.84. The van der Waals surface area contributed by atoms with E-state index in [9.17, 15) is 15.0 Å². The number of furan rings is 1. The van der Waals surface area contributed by atoms with Gasteiger partial charge < -0.3 is 29.5 Å². The summed E-state index contributed by atoms with van der Waals surface area (Å²) in [5, 5.41) is 29.3. The molecule has 4 N–H and O–H groups in total. The maximum Gasteiger partial charge on any atom is 0.291 e. The summed E-state index contributed by atoms with van der Waals surface area (Å²) in [6.07, 6.45) is -1.26. The number of fused-ring (bicyclic) bond motifs is 1. The quantitative estimate of drug-likeness (QED) is 0.570. The number of nitrogens with one attached hydrogen (secondary N) is 1. The average molecular weight is 267 g/mol. The largest absolute Gasteiger partial charge is 0.459 e. The molecule has 0 radical (unpaired) electrons. The Morgan fingerprint density at radius 1 is 1.32 bits per heavy atom. The third-order valence-electron chi connectivity index (χ3n) is 3.39. The molecule has 3 heterocycles. The monoisotopic (exact) mass is 267 g/mol. The van der Waals surface area contributed by atoms with E-state index in [-0.39, 0.29) is 11.1 Å². The maximum absolute atomic E-state index is 11.5. The molecule has 0 amide bonds. The van der Waals surface area contributed by atoms with Gasteiger partial charge in [0, 0.05) is 17.1 Å². The van der Waals surface area contributed by atoms with Crippen LogP contribution in [-0.2, 0) is 4.74 Å². The number of ether oxygens (including phenoxy) is 1. The number of aromatic amines is 1. The van der Waals surface area contributed by atoms with Crippen LogP contribution in [0.15, 0.2) is 27.7 Å². The highest BCUT2D eigenvalue weighted by atomic mass is 16.6. The molecule has 1 fully saturated rings. The SMILES string of the molecule is O=c1[nH]cc(C2O[C@H](CO)C(O)C2O)c2ccoc12. The summed E-state index contributed by atoms with van der Waals surface area (Å²) in [7, 11) is 0. The molecule has 19 heavy (non-hydrogen) atoms. The molecule has 3 unspecified atom stereocenters. The standard InChI is InChI=1S/C12H13NO6/c14-4-7-8(15)9(16)10(19-7)6-3-13-12(17)11-5(6)1-2-18-11/h1-3,7-10,14-16H,4H2,(H,13,17)/t7-,8?,9?,10?/m1/s1. The summed E-state index contributed by atoms with van der Waals surface area (Å²) < 4.78 is 10.5. The van der Waals surface area contributed by atoms with Gasteiger partial charge in [-0.05, 0) is 6.07 Å². The van der Waals surface area contributed by atoms with E-state index in [1.54, 1.807) is 6.07 Å². The number of H-pyrrole nitrogens is 1. The molecule has 2 aromatic heterocycles. The van der Waals surface area contributed by atoms with Crippen molar-refractivity contribution in [1.82, 2.24) is 4.98 Å². The Balaban J connectivity index is 2.08. The van der Waals surface area contributed by atoms with Crippen molar-refractivity contribution in [2.75, 3.05) is 6.61 Å². The zero-order valence-corrected chi connectivity index (χ0v) is 9.81. The second-order valence-corrected chi connectivity index (χ2v) is 4.50. The summed E-state index contributed by atoms with van der Waals surface area (Å²) in [4.78, 5) is 14.0. The van der Waals surface area contributed by atoms with Crippen LogP contribution in [-0.4, -0.2) is 45.2 Å². The summed E-state index contributed by atoms with van der Waals surface area (Å²) in [6, 6.07) is 1.59. The average Bonchev–Trinajstić information content (AvgIpc) is 2.99. The van der Waals surface area contributed by atoms with Crippen LogP contribution >= 0.6 is 0 Å². The Hall–Kier alpha value is -1.67. The second kappa shape index (κ2) is 4.46. The van der Waals surface area contributed by atoms with Crippen LogP contribution in [0.3, 0.4) is 0 Å². The van der Waals surface area contributed by atoms with Crippen molar-refractivity contribution >= 4 is 11.0 Å². The normalized spacial score (nSPS) is 31.1. The highest BCUT2D eigenvalue weighted by Crippen LogP contribution is 2.36. The van der Waals surface area contributed by atoms with Gasteiger partial charge in [0.15, 0.2) is 5.58 Å². The Morgan fingerprint density at radius 3 is 2.79 bits per heavy atom. The highest BCUT2D eigenvalue weighted by Gasteiger charge is 2.43. The molecular weight excluding hydrogens is 254 g/mol. The highest BCUT2D eigenvalue weighted by molar-refractivity contribution is 5.80. The van der Waals surface area contributed by atoms with Crippen molar-refractivity contribution in [3.05, 3.63) is 34.4 Å². The van der Waals surface area contributed by atoms with Crippen LogP contribution in [0, 0.1) is 0 Å². The zero-order chi connectivity index (χ0) is 13.6. The lowest BCUT2D eigenvalue weighted by Gasteiger charge is -2.15. The number of aliphatic hydroxyl groups excluding tert-OH is 3. The Kier molecular flexibility index (Phi) is 2.90. The number of rotatable bonds is 2. The van der Waals surface area contributed by atoms with Gasteiger partial charge >= 0.3 is 0 Å². The van der Waals surface area contributed by atoms with Crippen LogP contribution in [0.4, 0.5) is 0 Å². The molecule has 3 rings (SSSR count). The second-order valence-electron chi connectivity index (χ2n) is 4.50. The van der Waals surface area contributed by atoms with Gasteiger partial charge in [0.25, 0.3) is 5.56 Å². The van der Waals surface area contributed by atoms with Gasteiger partial charge in [-0.1, -0.05) is 0 Å². The summed E-state index contributed by atoms with van der Waals surface area (Å²) >= 11 is 0. The third-order valence-corrected chi connectivity index (χ3v) is 3.39. The van der Waals surface area contributed by atoms with Crippen molar-refractivity contribution in [1.29, 1.82) is 0 Å². The van der Waals surface area contributed by atoms with E-state index in [4.69, 9.17) is 14.3 Å². The fourth-order valence-electron chi connectivity index (χ4n) is 2.39. The minimum absolute atomic E-state index is 0.134. The molecule has 0 saturated carbocycles. The predicted octanol–water partition coefficient (Wildman–Crippen LogP) is -0.725. The van der Waals surface area contributed by atoms with E-state index in [1.165, 1.54) is 12.5 Å². The molecule has 2 aromatic rings. The molecular formula is C12H13NO6. The molecule has 0 aliphatic carbocycles. The Labute approximate surface area is 107 Å². The van der Waals surface area contributed by atoms with E-state index in [2.05, 4.69) is 4.98 Å². The van der Waals surface area contributed by atoms with E-state index in [0.29, 0.717) is 10.9 Å². The minimum atomic E-state index is -1.18. The molecule has 1 saturated heterocycles. The summed E-state index contributed by atoms with van der Waals surface area (Å²) in [5.74, 6) is 0. The van der Waals surface area contributed by atoms with E-state index in [1.807, 2.05) is 0 Å². The fourth-order valence-corrected chi connectivity index (χ4v) is 2.39. The van der Waals surface area contributed by atoms with Gasteiger partial charge in [0.2, 0.25) is 0 Å². The van der Waals surface area contributed by atoms with Crippen LogP contribution < -0.4 is 5.56 Å². The first kappa shape index (κ1) is 12.4. The van der Waals surface area contributed by atoms with Crippen LogP contribution in [0.25, 0.3) is 11.0 Å². The van der Waals surface area contributed by atoms with Crippen LogP contribution in [0.2, 0.25) is 0 Å². The van der Waals surface area contributed by atoms with Gasteiger partial charge in [-0.15, -0.1) is 0 Å². The molecule has 7 heteroatoms. The third kappa shape index (κ3) is 1.79. The minimum Gasteiger partial charge on any atom is -0.459 e. The number of aliphatic hydroxyl groups is 3. The molecule has 102 valence electrons. The van der Waals surface area contributed by atoms with Crippen molar-refractivity contribution in [3.63, 3.8) is 0 Å². The molecule has 0 aromatic carbocycles. The predicted molar refractivity (Wildman–Crippen MR) is 63.5 cm³/mol. The van der Waals surface area contributed by atoms with Crippen molar-refractivity contribution in [2.24, 2.45) is 0 Å². The number of hydrogen-bond donors (Lipinski definition) is 4. The van der Waals surface area contributed by atoms with Gasteiger partial charge in [0.05, 0.1) is 12.9 Å². The number of hydrogen-bond acceptors (Lipinski definition) is 6. The lowest BCUT2D eigenvalue weighted by molar-refractivity contribution is -0.0224. The first-order chi connectivity index (χ1) is 9.13. The van der Waals surface area contributed by atoms with Crippen LogP contribution in [0.1, 0.15) is 11.7 Å². The smallest absolute Gasteiger partial charge is 0.291 e. The molecule has 0 spiro atoms. The molecule has 7 nitrogen and oxygen atoms in total. The molecule has 1 aliphatic rings. The molecule has 4 atom stereocenters. The molecule has 1 aliphatic heterocycles. The Bertz CT molecular complexity index is 647. The summed E-state index contributed by atoms with van der Waals surface area (Å²) in [6.45, 7) is -0.396. The van der Waals surface area contributed by atoms with E-state index >= 15 is 0 Å². The maximum atomic E-state index is 11.5. The van der Waals surface area contributed by atoms with Crippen molar-refractivity contribution in [2.45, 2.75) is 24.4 Å². The molecule has 0 bridgehead atoms. The number of pyridine rings is 1. The van der Waals surface area contributed by atoms with Crippen molar-refractivity contribution < 1.29 is 24.5 Å². The van der Waals surface area contributed by atoms with E-state index in [0.717, 1.165) is 0 Å². The lowest BCUT2D eigenvalue weighted by atomic mass is 10.0. The van der Waals surface area contributed by atoms with Gasteiger partial charge in [-0.25, -0.2) is 0 Å². The lowest BCUT2D eigenvalue weighted by Crippen LogP contribution is -2.32. The fraction of sp³-hybridized carbons (Fsp3) is 0.417. The van der Waals surface area contributed by atoms with Gasteiger partial charge in [-0.2, -0.15) is 0 Å². The van der Waals surface area contributed by atoms with Crippen LogP contribution in [0.5, 0.6) is 0 Å². The zero-order valence-electron chi connectivity index (χ0n) is 9.81. The topological polar surface area (TPSA) is 116 Å². The van der Waals surface area contributed by atoms with Gasteiger partial charge in [0.1, 0.15) is 24.4 Å². The van der Waals surface area contributed by atoms with Crippen molar-refractivity contribution in [3.8, 4) is 0 Å². The Morgan fingerprint density at radius 2 is 2.11 bits per heavy atom. The van der Waals surface area contributed by atoms with Gasteiger partial charge in [-0.3, -0.25) is 4.79 Å².